The van der Waals surface area contributed by atoms with Gasteiger partial charge in [0.1, 0.15) is 11.4 Å². The third-order valence-corrected chi connectivity index (χ3v) is 6.15. The van der Waals surface area contributed by atoms with E-state index in [9.17, 15) is 5.26 Å². The van der Waals surface area contributed by atoms with E-state index in [1.807, 2.05) is 61.6 Å². The number of ether oxygens (including phenoxy) is 1. The summed E-state index contributed by atoms with van der Waals surface area (Å²) in [6.45, 7) is 11.7. The molecule has 2 aromatic rings. The van der Waals surface area contributed by atoms with Crippen LogP contribution in [0.2, 0.25) is 0 Å². The summed E-state index contributed by atoms with van der Waals surface area (Å²) in [5.74, 6) is 0.647. The SMILES string of the molecule is [C-]#[N+]/C(C#N)=C1C=C(/C=C/c2ccc(N3CCCCC3)cc2)OC(C)(c2ccccc2)C\1. The number of benzene rings is 2. The number of anilines is 1. The Morgan fingerprint density at radius 3 is 2.44 bits per heavy atom. The molecule has 0 aromatic heterocycles. The Labute approximate surface area is 190 Å². The van der Waals surface area contributed by atoms with Crippen molar-refractivity contribution in [2.75, 3.05) is 18.0 Å². The van der Waals surface area contributed by atoms with Crippen molar-refractivity contribution in [2.24, 2.45) is 0 Å². The predicted octanol–water partition coefficient (Wildman–Crippen LogP) is 6.61. The van der Waals surface area contributed by atoms with Crippen LogP contribution in [0.4, 0.5) is 5.69 Å². The molecule has 0 amide bonds. The molecule has 1 fully saturated rings. The molecule has 0 aliphatic carbocycles. The first kappa shape index (κ1) is 21.5. The van der Waals surface area contributed by atoms with E-state index in [4.69, 9.17) is 11.3 Å². The van der Waals surface area contributed by atoms with E-state index in [0.29, 0.717) is 17.8 Å². The van der Waals surface area contributed by atoms with Crippen LogP contribution in [0.3, 0.4) is 0 Å². The Morgan fingerprint density at radius 2 is 1.78 bits per heavy atom. The molecule has 4 heteroatoms. The lowest BCUT2D eigenvalue weighted by atomic mass is 9.85. The van der Waals surface area contributed by atoms with Crippen LogP contribution in [-0.4, -0.2) is 13.1 Å². The van der Waals surface area contributed by atoms with Gasteiger partial charge in [-0.15, -0.1) is 0 Å². The number of piperidine rings is 1. The van der Waals surface area contributed by atoms with Gasteiger partial charge in [-0.3, -0.25) is 0 Å². The summed E-state index contributed by atoms with van der Waals surface area (Å²) < 4.78 is 6.39. The maximum Gasteiger partial charge on any atom is 0.265 e. The van der Waals surface area contributed by atoms with Gasteiger partial charge in [0.25, 0.3) is 5.70 Å². The van der Waals surface area contributed by atoms with Crippen LogP contribution >= 0.6 is 0 Å². The van der Waals surface area contributed by atoms with Gasteiger partial charge in [-0.05, 0) is 67.2 Å². The average Bonchev–Trinajstić information content (AvgIpc) is 2.85. The van der Waals surface area contributed by atoms with Crippen LogP contribution < -0.4 is 4.90 Å². The first-order chi connectivity index (χ1) is 15.6. The van der Waals surface area contributed by atoms with Crippen molar-refractivity contribution in [1.29, 1.82) is 5.26 Å². The Bertz CT molecular complexity index is 1110. The van der Waals surface area contributed by atoms with Gasteiger partial charge >= 0.3 is 0 Å². The summed E-state index contributed by atoms with van der Waals surface area (Å²) in [4.78, 5) is 5.88. The molecule has 2 aliphatic rings. The van der Waals surface area contributed by atoms with E-state index >= 15 is 0 Å². The van der Waals surface area contributed by atoms with Crippen molar-refractivity contribution in [3.8, 4) is 6.07 Å². The molecule has 4 rings (SSSR count). The Hall–Kier alpha value is -3.76. The molecule has 0 saturated carbocycles. The van der Waals surface area contributed by atoms with Gasteiger partial charge in [0.15, 0.2) is 0 Å². The first-order valence-corrected chi connectivity index (χ1v) is 11.1. The molecule has 160 valence electrons. The number of nitrogens with zero attached hydrogens (tertiary/aromatic N) is 3. The molecule has 2 heterocycles. The molecule has 1 unspecified atom stereocenters. The second-order valence-corrected chi connectivity index (χ2v) is 8.49. The highest BCUT2D eigenvalue weighted by Crippen LogP contribution is 2.40. The summed E-state index contributed by atoms with van der Waals surface area (Å²) in [5.41, 5.74) is 3.55. The smallest absolute Gasteiger partial charge is 0.265 e. The Morgan fingerprint density at radius 1 is 1.06 bits per heavy atom. The molecule has 0 N–H and O–H groups in total. The third-order valence-electron chi connectivity index (χ3n) is 6.15. The monoisotopic (exact) mass is 421 g/mol. The molecule has 4 nitrogen and oxygen atoms in total. The first-order valence-electron chi connectivity index (χ1n) is 11.1. The second kappa shape index (κ2) is 9.58. The van der Waals surface area contributed by atoms with E-state index in [1.165, 1.54) is 24.9 Å². The van der Waals surface area contributed by atoms with Crippen LogP contribution in [0.25, 0.3) is 10.9 Å². The highest BCUT2D eigenvalue weighted by atomic mass is 16.5. The van der Waals surface area contributed by atoms with Gasteiger partial charge < -0.3 is 9.64 Å². The number of nitriles is 1. The summed E-state index contributed by atoms with van der Waals surface area (Å²) in [6, 6.07) is 20.6. The number of allylic oxidation sites excluding steroid dienone is 3. The summed E-state index contributed by atoms with van der Waals surface area (Å²) in [6.07, 6.45) is 10.1. The maximum atomic E-state index is 9.43. The zero-order chi connectivity index (χ0) is 22.4. The minimum Gasteiger partial charge on any atom is -0.483 e. The minimum atomic E-state index is -0.643. The Balaban J connectivity index is 1.59. The lowest BCUT2D eigenvalue weighted by Crippen LogP contribution is -2.29. The zero-order valence-electron chi connectivity index (χ0n) is 18.4. The van der Waals surface area contributed by atoms with Gasteiger partial charge in [-0.25, -0.2) is 10.1 Å². The number of hydrogen-bond donors (Lipinski definition) is 0. The van der Waals surface area contributed by atoms with Crippen molar-refractivity contribution >= 4 is 11.8 Å². The van der Waals surface area contributed by atoms with Crippen molar-refractivity contribution in [3.05, 3.63) is 106 Å². The van der Waals surface area contributed by atoms with E-state index in [1.54, 1.807) is 0 Å². The molecule has 2 aromatic carbocycles. The molecule has 1 saturated heterocycles. The molecular weight excluding hydrogens is 394 g/mol. The van der Waals surface area contributed by atoms with Gasteiger partial charge in [0, 0.05) is 25.2 Å². The fourth-order valence-electron chi connectivity index (χ4n) is 4.39. The zero-order valence-corrected chi connectivity index (χ0v) is 18.4. The van der Waals surface area contributed by atoms with Crippen molar-refractivity contribution < 1.29 is 4.74 Å². The highest BCUT2D eigenvalue weighted by molar-refractivity contribution is 5.58. The van der Waals surface area contributed by atoms with Crippen LogP contribution in [-0.2, 0) is 10.3 Å². The molecule has 0 bridgehead atoms. The molecular formula is C28H27N3O. The molecule has 0 spiro atoms. The average molecular weight is 422 g/mol. The van der Waals surface area contributed by atoms with Gasteiger partial charge in [0.05, 0.1) is 12.6 Å². The van der Waals surface area contributed by atoms with Gasteiger partial charge in [-0.2, -0.15) is 0 Å². The van der Waals surface area contributed by atoms with Crippen LogP contribution in [0, 0.1) is 17.9 Å². The molecule has 1 atom stereocenters. The van der Waals surface area contributed by atoms with E-state index in [-0.39, 0.29) is 5.70 Å². The number of rotatable bonds is 4. The lowest BCUT2D eigenvalue weighted by molar-refractivity contribution is 0.0143. The highest BCUT2D eigenvalue weighted by Gasteiger charge is 2.34. The summed E-state index contributed by atoms with van der Waals surface area (Å²) >= 11 is 0. The molecule has 32 heavy (non-hydrogen) atoms. The summed E-state index contributed by atoms with van der Waals surface area (Å²) in [7, 11) is 0. The van der Waals surface area contributed by atoms with Crippen molar-refractivity contribution in [2.45, 2.75) is 38.2 Å². The van der Waals surface area contributed by atoms with Gasteiger partial charge in [0.2, 0.25) is 0 Å². The maximum absolute atomic E-state index is 9.43. The summed E-state index contributed by atoms with van der Waals surface area (Å²) in [5, 5.41) is 9.43. The minimum absolute atomic E-state index is 0.118. The van der Waals surface area contributed by atoms with Crippen LogP contribution in [0.1, 0.15) is 43.7 Å². The van der Waals surface area contributed by atoms with Crippen molar-refractivity contribution in [1.82, 2.24) is 0 Å². The van der Waals surface area contributed by atoms with E-state index in [0.717, 1.165) is 24.2 Å². The Kier molecular flexibility index (Phi) is 6.43. The van der Waals surface area contributed by atoms with Crippen molar-refractivity contribution in [3.63, 3.8) is 0 Å². The van der Waals surface area contributed by atoms with Crippen LogP contribution in [0.5, 0.6) is 0 Å². The third kappa shape index (κ3) is 4.76. The predicted molar refractivity (Wildman–Crippen MR) is 128 cm³/mol. The normalized spacial score (nSPS) is 22.5. The standard InChI is InChI=1S/C28H27N3O/c1-28(24-9-5-3-6-10-24)20-23(27(21-29)30-2)19-26(32-28)16-13-22-11-14-25(15-12-22)31-17-7-4-8-18-31/h3,5-6,9-16,19H,4,7-8,17-18,20H2,1H3/b16-13+,27-23+. The topological polar surface area (TPSA) is 40.6 Å². The lowest BCUT2D eigenvalue weighted by Gasteiger charge is -2.36. The molecule has 2 aliphatic heterocycles. The fraction of sp³-hybridized carbons (Fsp3) is 0.286. The largest absolute Gasteiger partial charge is 0.483 e. The van der Waals surface area contributed by atoms with E-state index < -0.39 is 5.60 Å². The van der Waals surface area contributed by atoms with E-state index in [2.05, 4.69) is 34.0 Å². The quantitative estimate of drug-likeness (QED) is 0.412. The van der Waals surface area contributed by atoms with Gasteiger partial charge in [-0.1, -0.05) is 48.5 Å². The van der Waals surface area contributed by atoms with Crippen LogP contribution in [0.15, 0.2) is 83.8 Å². The second-order valence-electron chi connectivity index (χ2n) is 8.49. The molecule has 0 radical (unpaired) electrons. The fourth-order valence-corrected chi connectivity index (χ4v) is 4.39. The number of hydrogen-bond acceptors (Lipinski definition) is 3.